The Hall–Kier alpha value is -1.59. The molecule has 0 amide bonds. The maximum atomic E-state index is 12.8. The molecule has 0 aliphatic rings. The number of carbonyl (C=O) groups is 3. The van der Waals surface area contributed by atoms with E-state index >= 15 is 0 Å². The highest BCUT2D eigenvalue weighted by atomic mass is 16.6. The largest absolute Gasteiger partial charge is 0.462 e. The SMILES string of the molecule is CCCCCCCCCCCCCCCCCCCCC(=O)OCC(COC(=O)CCCCCCCCCCCCCC)OC(=O)CCCCCCCCCCCCCCCCCC. The lowest BCUT2D eigenvalue weighted by molar-refractivity contribution is -0.167. The fourth-order valence-electron chi connectivity index (χ4n) is 8.98. The molecular formula is C58H112O6. The molecule has 0 saturated heterocycles. The Morgan fingerprint density at radius 3 is 0.625 bits per heavy atom. The summed E-state index contributed by atoms with van der Waals surface area (Å²) in [5.41, 5.74) is 0. The van der Waals surface area contributed by atoms with Crippen molar-refractivity contribution in [1.29, 1.82) is 0 Å². The van der Waals surface area contributed by atoms with E-state index in [9.17, 15) is 14.4 Å². The highest BCUT2D eigenvalue weighted by Gasteiger charge is 2.19. The van der Waals surface area contributed by atoms with Gasteiger partial charge in [-0.05, 0) is 19.3 Å². The molecule has 380 valence electrons. The molecule has 0 radical (unpaired) electrons. The summed E-state index contributed by atoms with van der Waals surface area (Å²) >= 11 is 0. The molecule has 0 saturated carbocycles. The van der Waals surface area contributed by atoms with Gasteiger partial charge in [0.25, 0.3) is 0 Å². The van der Waals surface area contributed by atoms with Crippen LogP contribution in [0, 0.1) is 0 Å². The van der Waals surface area contributed by atoms with Gasteiger partial charge in [-0.15, -0.1) is 0 Å². The van der Waals surface area contributed by atoms with Crippen LogP contribution < -0.4 is 0 Å². The van der Waals surface area contributed by atoms with Crippen LogP contribution in [0.4, 0.5) is 0 Å². The van der Waals surface area contributed by atoms with Gasteiger partial charge in [-0.25, -0.2) is 0 Å². The second kappa shape index (κ2) is 54.0. The maximum absolute atomic E-state index is 12.8. The van der Waals surface area contributed by atoms with Crippen molar-refractivity contribution in [3.8, 4) is 0 Å². The molecule has 0 aromatic rings. The molecule has 0 heterocycles. The third kappa shape index (κ3) is 51.4. The van der Waals surface area contributed by atoms with E-state index in [-0.39, 0.29) is 31.1 Å². The molecule has 1 unspecified atom stereocenters. The van der Waals surface area contributed by atoms with E-state index < -0.39 is 6.10 Å². The minimum absolute atomic E-state index is 0.0610. The Morgan fingerprint density at radius 2 is 0.422 bits per heavy atom. The van der Waals surface area contributed by atoms with Crippen LogP contribution in [0.1, 0.15) is 335 Å². The van der Waals surface area contributed by atoms with E-state index in [4.69, 9.17) is 14.2 Å². The third-order valence-corrected chi connectivity index (χ3v) is 13.4. The van der Waals surface area contributed by atoms with Gasteiger partial charge in [-0.2, -0.15) is 0 Å². The van der Waals surface area contributed by atoms with Gasteiger partial charge in [0.2, 0.25) is 0 Å². The molecule has 0 rings (SSSR count). The van der Waals surface area contributed by atoms with E-state index in [1.165, 1.54) is 238 Å². The molecule has 0 N–H and O–H groups in total. The standard InChI is InChI=1S/C58H112O6/c1-4-7-10-13-16-19-22-25-27-29-30-32-33-36-39-42-45-48-51-57(60)63-54-55(53-62-56(59)50-47-44-41-38-35-24-21-18-15-12-9-6-3)64-58(61)52-49-46-43-40-37-34-31-28-26-23-20-17-14-11-8-5-2/h55H,4-54H2,1-3H3. The summed E-state index contributed by atoms with van der Waals surface area (Å²) in [5.74, 6) is -0.832. The van der Waals surface area contributed by atoms with Crippen LogP contribution in [0.25, 0.3) is 0 Å². The van der Waals surface area contributed by atoms with Gasteiger partial charge in [0.15, 0.2) is 6.10 Å². The normalized spacial score (nSPS) is 11.9. The van der Waals surface area contributed by atoms with Crippen LogP contribution in [0.5, 0.6) is 0 Å². The Balaban J connectivity index is 4.26. The number of rotatable bonds is 54. The molecule has 0 aliphatic carbocycles. The number of hydrogen-bond donors (Lipinski definition) is 0. The van der Waals surface area contributed by atoms with Gasteiger partial charge < -0.3 is 14.2 Å². The Morgan fingerprint density at radius 1 is 0.250 bits per heavy atom. The summed E-state index contributed by atoms with van der Waals surface area (Å²) in [7, 11) is 0. The van der Waals surface area contributed by atoms with Crippen LogP contribution in [-0.2, 0) is 28.6 Å². The van der Waals surface area contributed by atoms with Crippen LogP contribution in [0.3, 0.4) is 0 Å². The first-order valence-corrected chi connectivity index (χ1v) is 29.0. The first-order valence-electron chi connectivity index (χ1n) is 29.0. The second-order valence-electron chi connectivity index (χ2n) is 19.9. The Bertz CT molecular complexity index is 951. The lowest BCUT2D eigenvalue weighted by Crippen LogP contribution is -2.30. The van der Waals surface area contributed by atoms with Crippen molar-refractivity contribution in [2.24, 2.45) is 0 Å². The molecule has 0 aromatic carbocycles. The lowest BCUT2D eigenvalue weighted by Gasteiger charge is -2.18. The summed E-state index contributed by atoms with van der Waals surface area (Å²) in [6, 6.07) is 0. The number of ether oxygens (including phenoxy) is 3. The number of unbranched alkanes of at least 4 members (excludes halogenated alkanes) is 43. The van der Waals surface area contributed by atoms with Crippen LogP contribution >= 0.6 is 0 Å². The van der Waals surface area contributed by atoms with E-state index in [0.29, 0.717) is 19.3 Å². The van der Waals surface area contributed by atoms with Gasteiger partial charge in [0.1, 0.15) is 13.2 Å². The van der Waals surface area contributed by atoms with E-state index in [2.05, 4.69) is 20.8 Å². The minimum atomic E-state index is -0.760. The quantitative estimate of drug-likeness (QED) is 0.0344. The molecule has 6 heteroatoms. The zero-order valence-corrected chi connectivity index (χ0v) is 43.6. The molecule has 1 atom stereocenters. The molecule has 0 fully saturated rings. The second-order valence-corrected chi connectivity index (χ2v) is 19.9. The fraction of sp³-hybridized carbons (Fsp3) is 0.948. The molecule has 0 aliphatic heterocycles. The molecule has 0 spiro atoms. The number of hydrogen-bond acceptors (Lipinski definition) is 6. The lowest BCUT2D eigenvalue weighted by atomic mass is 10.0. The van der Waals surface area contributed by atoms with Gasteiger partial charge in [-0.1, -0.05) is 297 Å². The van der Waals surface area contributed by atoms with Crippen LogP contribution in [-0.4, -0.2) is 37.2 Å². The van der Waals surface area contributed by atoms with Crippen LogP contribution in [0.15, 0.2) is 0 Å². The fourth-order valence-corrected chi connectivity index (χ4v) is 8.98. The third-order valence-electron chi connectivity index (χ3n) is 13.4. The smallest absolute Gasteiger partial charge is 0.306 e. The minimum Gasteiger partial charge on any atom is -0.462 e. The van der Waals surface area contributed by atoms with Crippen molar-refractivity contribution in [1.82, 2.24) is 0 Å². The predicted molar refractivity (Wildman–Crippen MR) is 275 cm³/mol. The molecular weight excluding hydrogens is 793 g/mol. The van der Waals surface area contributed by atoms with E-state index in [1.807, 2.05) is 0 Å². The van der Waals surface area contributed by atoms with Gasteiger partial charge >= 0.3 is 17.9 Å². The Kier molecular flexibility index (Phi) is 52.7. The molecule has 0 aromatic heterocycles. The summed E-state index contributed by atoms with van der Waals surface area (Å²) < 4.78 is 16.9. The molecule has 6 nitrogen and oxygen atoms in total. The summed E-state index contributed by atoms with van der Waals surface area (Å²) in [6.07, 6.45) is 59.5. The maximum Gasteiger partial charge on any atom is 0.306 e. The van der Waals surface area contributed by atoms with E-state index in [1.54, 1.807) is 0 Å². The Labute approximate surface area is 399 Å². The topological polar surface area (TPSA) is 78.9 Å². The summed E-state index contributed by atoms with van der Waals surface area (Å²) in [5, 5.41) is 0. The van der Waals surface area contributed by atoms with Crippen molar-refractivity contribution < 1.29 is 28.6 Å². The van der Waals surface area contributed by atoms with Crippen molar-refractivity contribution >= 4 is 17.9 Å². The van der Waals surface area contributed by atoms with Crippen molar-refractivity contribution in [3.63, 3.8) is 0 Å². The number of esters is 3. The van der Waals surface area contributed by atoms with E-state index in [0.717, 1.165) is 57.8 Å². The highest BCUT2D eigenvalue weighted by Crippen LogP contribution is 2.18. The average Bonchev–Trinajstić information content (AvgIpc) is 3.29. The van der Waals surface area contributed by atoms with Gasteiger partial charge in [-0.3, -0.25) is 14.4 Å². The highest BCUT2D eigenvalue weighted by molar-refractivity contribution is 5.71. The first-order chi connectivity index (χ1) is 31.5. The van der Waals surface area contributed by atoms with Crippen molar-refractivity contribution in [2.45, 2.75) is 341 Å². The zero-order chi connectivity index (χ0) is 46.5. The molecule has 0 bridgehead atoms. The monoisotopic (exact) mass is 905 g/mol. The van der Waals surface area contributed by atoms with Gasteiger partial charge in [0.05, 0.1) is 0 Å². The van der Waals surface area contributed by atoms with Crippen LogP contribution in [0.2, 0.25) is 0 Å². The zero-order valence-electron chi connectivity index (χ0n) is 43.6. The summed E-state index contributed by atoms with van der Waals surface area (Å²) in [6.45, 7) is 6.70. The van der Waals surface area contributed by atoms with Crippen molar-refractivity contribution in [3.05, 3.63) is 0 Å². The van der Waals surface area contributed by atoms with Gasteiger partial charge in [0, 0.05) is 19.3 Å². The summed E-state index contributed by atoms with van der Waals surface area (Å²) in [4.78, 5) is 38.1. The van der Waals surface area contributed by atoms with Crippen molar-refractivity contribution in [2.75, 3.05) is 13.2 Å². The molecule has 64 heavy (non-hydrogen) atoms. The average molecular weight is 906 g/mol. The number of carbonyl (C=O) groups excluding carboxylic acids is 3. The predicted octanol–water partition coefficient (Wildman–Crippen LogP) is 19.2. The first kappa shape index (κ1) is 62.4.